The number of primary amides is 1. The standard InChI is InChI=1S/C27H28ClN11O12S2/c1-26(2,21(45)46)51-36-14(10-7-52-24(30)31-10)17(42)32-15-19(44)37-8-27(22(47)48,53-20(15)37)38-5-6-39(25(38)50)35-18(43)13(33-34-23(29)49)9-3-4-11(40)16(41)12(9)28/h3-4,7,15,20,40-41H,5-6,8H2,1-2H3,(H2,30,31)(H,32,42)(H,35,43)(H,45,46)(H,47,48)(H3,29,34,49)/b33-13-,36-14-/t15-,20-,27-/m1/s1. The molecule has 0 bridgehead atoms. The summed E-state index contributed by atoms with van der Waals surface area (Å²) in [4.78, 5) is 98.2. The number of carboxylic acids is 2. The highest BCUT2D eigenvalue weighted by Crippen LogP contribution is 2.49. The number of anilines is 1. The van der Waals surface area contributed by atoms with Crippen LogP contribution in [0.4, 0.5) is 14.7 Å². The Morgan fingerprint density at radius 3 is 2.42 bits per heavy atom. The summed E-state index contributed by atoms with van der Waals surface area (Å²) in [5.74, 6) is -7.32. The first-order valence-electron chi connectivity index (χ1n) is 14.8. The van der Waals surface area contributed by atoms with E-state index in [1.807, 2.05) is 5.43 Å². The van der Waals surface area contributed by atoms with E-state index >= 15 is 0 Å². The number of carbonyl (C=O) groups excluding carboxylic acids is 5. The Bertz CT molecular complexity index is 2010. The molecule has 0 spiro atoms. The molecule has 2 aromatic rings. The summed E-state index contributed by atoms with van der Waals surface area (Å²) in [6.07, 6.45) is 0. The van der Waals surface area contributed by atoms with E-state index in [0.717, 1.165) is 38.3 Å². The molecular formula is C27H28ClN11O12S2. The highest BCUT2D eigenvalue weighted by molar-refractivity contribution is 8.02. The number of aromatic nitrogens is 1. The van der Waals surface area contributed by atoms with Gasteiger partial charge in [-0.15, -0.1) is 11.3 Å². The number of aromatic hydroxyl groups is 2. The maximum Gasteiger partial charge on any atom is 0.350 e. The number of hydrogen-bond donors (Lipinski definition) is 9. The number of hydrogen-bond acceptors (Lipinski definition) is 16. The Kier molecular flexibility index (Phi) is 10.2. The highest BCUT2D eigenvalue weighted by atomic mass is 35.5. The number of hydrazone groups is 1. The molecule has 7 amide bonds. The molecule has 1 aromatic heterocycles. The maximum absolute atomic E-state index is 13.6. The van der Waals surface area contributed by atoms with Crippen LogP contribution in [0.25, 0.3) is 0 Å². The zero-order chi connectivity index (χ0) is 39.2. The third-order valence-corrected chi connectivity index (χ3v) is 10.6. The van der Waals surface area contributed by atoms with Crippen molar-refractivity contribution in [3.63, 3.8) is 0 Å². The number of fused-ring (bicyclic) bond motifs is 1. The van der Waals surface area contributed by atoms with E-state index in [0.29, 0.717) is 11.8 Å². The zero-order valence-electron chi connectivity index (χ0n) is 27.1. The molecule has 0 radical (unpaired) electrons. The lowest BCUT2D eigenvalue weighted by atomic mass is 10.1. The molecule has 26 heteroatoms. The number of nitrogens with two attached hydrogens (primary N) is 2. The van der Waals surface area contributed by atoms with Crippen LogP contribution in [0.2, 0.25) is 5.02 Å². The number of thiazole rings is 1. The molecule has 3 aliphatic rings. The lowest BCUT2D eigenvalue weighted by molar-refractivity contribution is -0.161. The van der Waals surface area contributed by atoms with Gasteiger partial charge in [-0.25, -0.2) is 34.6 Å². The minimum absolute atomic E-state index is 0.0382. The summed E-state index contributed by atoms with van der Waals surface area (Å²) < 4.78 is 0. The fraction of sp³-hybridized carbons (Fsp3) is 0.333. The number of carbonyl (C=O) groups is 7. The van der Waals surface area contributed by atoms with Crippen molar-refractivity contribution in [3.05, 3.63) is 33.8 Å². The van der Waals surface area contributed by atoms with E-state index in [1.54, 1.807) is 0 Å². The summed E-state index contributed by atoms with van der Waals surface area (Å²) in [5.41, 5.74) is 11.3. The van der Waals surface area contributed by atoms with E-state index in [9.17, 15) is 54.0 Å². The number of thioether (sulfide) groups is 1. The summed E-state index contributed by atoms with van der Waals surface area (Å²) in [6.45, 7) is 1.26. The number of β-lactam (4-membered cyclic amide) rings is 1. The lowest BCUT2D eigenvalue weighted by Crippen LogP contribution is -2.68. The van der Waals surface area contributed by atoms with Crippen molar-refractivity contribution in [1.29, 1.82) is 0 Å². The molecule has 3 saturated heterocycles. The van der Waals surface area contributed by atoms with Crippen LogP contribution in [0.1, 0.15) is 25.1 Å². The average Bonchev–Trinajstić information content (AvgIpc) is 3.79. The van der Waals surface area contributed by atoms with Gasteiger partial charge in [0.1, 0.15) is 17.1 Å². The molecule has 3 atom stereocenters. The van der Waals surface area contributed by atoms with Gasteiger partial charge in [0.05, 0.1) is 18.1 Å². The minimum Gasteiger partial charge on any atom is -0.504 e. The van der Waals surface area contributed by atoms with Gasteiger partial charge in [-0.1, -0.05) is 28.5 Å². The third kappa shape index (κ3) is 7.07. The number of rotatable bonds is 12. The van der Waals surface area contributed by atoms with Gasteiger partial charge >= 0.3 is 24.0 Å². The van der Waals surface area contributed by atoms with Crippen molar-refractivity contribution in [1.82, 2.24) is 36.0 Å². The van der Waals surface area contributed by atoms with Crippen molar-refractivity contribution in [2.75, 3.05) is 25.4 Å². The minimum atomic E-state index is -2.11. The Hall–Kier alpha value is -6.08. The number of nitrogens with one attached hydrogen (secondary N) is 3. The largest absolute Gasteiger partial charge is 0.504 e. The number of oxime groups is 1. The summed E-state index contributed by atoms with van der Waals surface area (Å²) >= 11 is 7.67. The van der Waals surface area contributed by atoms with Gasteiger partial charge in [0.2, 0.25) is 16.4 Å². The molecule has 23 nitrogen and oxygen atoms in total. The number of urea groups is 2. The number of nitrogens with zero attached hydrogens (tertiary/aromatic N) is 6. The van der Waals surface area contributed by atoms with E-state index in [1.165, 1.54) is 19.2 Å². The second-order valence-electron chi connectivity index (χ2n) is 11.7. The Morgan fingerprint density at radius 2 is 1.81 bits per heavy atom. The van der Waals surface area contributed by atoms with Crippen molar-refractivity contribution >= 4 is 93.0 Å². The molecule has 282 valence electrons. The molecule has 5 rings (SSSR count). The second kappa shape index (κ2) is 14.2. The molecular weight excluding hydrogens is 770 g/mol. The monoisotopic (exact) mass is 797 g/mol. The number of amides is 7. The van der Waals surface area contributed by atoms with Gasteiger partial charge < -0.3 is 46.9 Å². The number of phenolic OH excluding ortho intramolecular Hbond substituents is 2. The van der Waals surface area contributed by atoms with Crippen LogP contribution < -0.4 is 27.6 Å². The number of phenols is 2. The summed E-state index contributed by atoms with van der Waals surface area (Å²) in [7, 11) is 0. The predicted molar refractivity (Wildman–Crippen MR) is 182 cm³/mol. The van der Waals surface area contributed by atoms with Gasteiger partial charge in [-0.3, -0.25) is 24.7 Å². The van der Waals surface area contributed by atoms with Gasteiger partial charge in [0.15, 0.2) is 28.1 Å². The molecule has 3 fully saturated rings. The van der Waals surface area contributed by atoms with E-state index in [4.69, 9.17) is 27.9 Å². The van der Waals surface area contributed by atoms with Crippen LogP contribution in [0, 0.1) is 0 Å². The number of aliphatic carboxylic acids is 2. The van der Waals surface area contributed by atoms with Gasteiger partial charge in [0.25, 0.3) is 11.8 Å². The molecule has 53 heavy (non-hydrogen) atoms. The van der Waals surface area contributed by atoms with Crippen LogP contribution >= 0.6 is 34.7 Å². The fourth-order valence-corrected chi connectivity index (χ4v) is 7.48. The molecule has 0 unspecified atom stereocenters. The van der Waals surface area contributed by atoms with Gasteiger partial charge in [-0.2, -0.15) is 5.10 Å². The highest BCUT2D eigenvalue weighted by Gasteiger charge is 2.66. The summed E-state index contributed by atoms with van der Waals surface area (Å²) in [5, 5.41) is 49.8. The van der Waals surface area contributed by atoms with Crippen LogP contribution in [0.15, 0.2) is 27.8 Å². The average molecular weight is 798 g/mol. The summed E-state index contributed by atoms with van der Waals surface area (Å²) in [6, 6.07) is -1.51. The molecule has 11 N–H and O–H groups in total. The quantitative estimate of drug-likeness (QED) is 0.0505. The Balaban J connectivity index is 1.33. The van der Waals surface area contributed by atoms with Crippen molar-refractivity contribution in [2.24, 2.45) is 16.0 Å². The van der Waals surface area contributed by atoms with Crippen LogP contribution in [0.3, 0.4) is 0 Å². The third-order valence-electron chi connectivity index (χ3n) is 7.85. The number of nitrogen functional groups attached to an aromatic ring is 1. The first-order valence-corrected chi connectivity index (χ1v) is 16.9. The van der Waals surface area contributed by atoms with E-state index < -0.39 is 98.1 Å². The zero-order valence-corrected chi connectivity index (χ0v) is 29.5. The van der Waals surface area contributed by atoms with Crippen molar-refractivity contribution < 1.29 is 58.8 Å². The van der Waals surface area contributed by atoms with Gasteiger partial charge in [0, 0.05) is 17.5 Å². The first kappa shape index (κ1) is 38.2. The molecule has 3 aliphatic heterocycles. The SMILES string of the molecule is CC(C)(O/N=C(\C(=O)N[C@@H]1C(=O)N2C[C@@](C(=O)O)(N3CCN(NC(=O)/C(=N\NC(N)=O)c4ccc(O)c(O)c4Cl)C3=O)S[C@H]12)c1csc(N)n1)C(=O)O. The van der Waals surface area contributed by atoms with E-state index in [-0.39, 0.29) is 29.5 Å². The maximum atomic E-state index is 13.6. The number of hydrazine groups is 1. The van der Waals surface area contributed by atoms with Crippen LogP contribution in [-0.4, -0.2) is 135 Å². The lowest BCUT2D eigenvalue weighted by Gasteiger charge is -2.41. The molecule has 0 saturated carbocycles. The second-order valence-corrected chi connectivity index (χ2v) is 14.4. The number of benzene rings is 1. The molecule has 0 aliphatic carbocycles. The van der Waals surface area contributed by atoms with E-state index in [2.05, 4.69) is 26.0 Å². The predicted octanol–water partition coefficient (Wildman–Crippen LogP) is -1.60. The van der Waals surface area contributed by atoms with Crippen molar-refractivity contribution in [2.45, 2.75) is 35.7 Å². The normalized spacial score (nSPS) is 21.5. The van der Waals surface area contributed by atoms with Crippen molar-refractivity contribution in [3.8, 4) is 11.5 Å². The molecule has 1 aromatic carbocycles. The van der Waals surface area contributed by atoms with Crippen LogP contribution in [0.5, 0.6) is 11.5 Å². The number of carboxylic acid groups (broad SMARTS) is 2. The smallest absolute Gasteiger partial charge is 0.350 e. The van der Waals surface area contributed by atoms with Crippen LogP contribution in [-0.2, 0) is 28.8 Å². The number of halogens is 1. The van der Waals surface area contributed by atoms with Gasteiger partial charge in [-0.05, 0) is 26.0 Å². The Labute approximate surface area is 309 Å². The topological polar surface area (TPSA) is 345 Å². The fourth-order valence-electron chi connectivity index (χ4n) is 5.05. The molecule has 4 heterocycles. The first-order chi connectivity index (χ1) is 24.8. The Morgan fingerprint density at radius 1 is 1.11 bits per heavy atom.